The van der Waals surface area contributed by atoms with Crippen LogP contribution in [0.5, 0.6) is 11.5 Å². The number of hydrogen-bond donors (Lipinski definition) is 1. The SMILES string of the molecule is COc1ccccc1OCC(=O)NC(C)C(c1ccccc1)c1ccccc1. The quantitative estimate of drug-likeness (QED) is 0.634. The lowest BCUT2D eigenvalue weighted by atomic mass is 9.86. The first-order chi connectivity index (χ1) is 13.7. The number of para-hydroxylation sites is 2. The predicted molar refractivity (Wildman–Crippen MR) is 111 cm³/mol. The summed E-state index contributed by atoms with van der Waals surface area (Å²) in [5.74, 6) is 1.04. The molecule has 0 aromatic heterocycles. The van der Waals surface area contributed by atoms with Crippen molar-refractivity contribution in [2.24, 2.45) is 0 Å². The molecule has 0 fully saturated rings. The molecule has 1 N–H and O–H groups in total. The van der Waals surface area contributed by atoms with Gasteiger partial charge in [0.05, 0.1) is 7.11 Å². The number of methoxy groups -OCH3 is 1. The summed E-state index contributed by atoms with van der Waals surface area (Å²) in [6, 6.07) is 27.6. The van der Waals surface area contributed by atoms with Gasteiger partial charge in [-0.1, -0.05) is 72.8 Å². The number of rotatable bonds is 8. The first-order valence-corrected chi connectivity index (χ1v) is 9.34. The highest BCUT2D eigenvalue weighted by Gasteiger charge is 2.23. The van der Waals surface area contributed by atoms with Gasteiger partial charge >= 0.3 is 0 Å². The Bertz CT molecular complexity index is 841. The Balaban J connectivity index is 1.69. The number of carbonyl (C=O) groups excluding carboxylic acids is 1. The van der Waals surface area contributed by atoms with E-state index in [9.17, 15) is 4.79 Å². The summed E-state index contributed by atoms with van der Waals surface area (Å²) in [7, 11) is 1.58. The smallest absolute Gasteiger partial charge is 0.258 e. The topological polar surface area (TPSA) is 47.6 Å². The Labute approximate surface area is 166 Å². The molecule has 1 unspecified atom stereocenters. The second kappa shape index (κ2) is 9.60. The molecule has 1 atom stereocenters. The fraction of sp³-hybridized carbons (Fsp3) is 0.208. The van der Waals surface area contributed by atoms with E-state index in [0.29, 0.717) is 11.5 Å². The molecule has 0 aliphatic carbocycles. The highest BCUT2D eigenvalue weighted by molar-refractivity contribution is 5.78. The van der Waals surface area contributed by atoms with Gasteiger partial charge in [0, 0.05) is 12.0 Å². The van der Waals surface area contributed by atoms with Crippen LogP contribution in [-0.4, -0.2) is 25.7 Å². The molecule has 3 aromatic rings. The zero-order chi connectivity index (χ0) is 19.8. The van der Waals surface area contributed by atoms with E-state index >= 15 is 0 Å². The van der Waals surface area contributed by atoms with E-state index < -0.39 is 0 Å². The fourth-order valence-electron chi connectivity index (χ4n) is 3.35. The molecule has 0 aliphatic heterocycles. The van der Waals surface area contributed by atoms with Gasteiger partial charge in [-0.3, -0.25) is 4.79 Å². The van der Waals surface area contributed by atoms with Crippen LogP contribution >= 0.6 is 0 Å². The van der Waals surface area contributed by atoms with Crippen molar-refractivity contribution in [1.82, 2.24) is 5.32 Å². The Morgan fingerprint density at radius 3 is 1.86 bits per heavy atom. The number of amides is 1. The van der Waals surface area contributed by atoms with E-state index in [1.165, 1.54) is 0 Å². The molecule has 0 heterocycles. The molecule has 144 valence electrons. The highest BCUT2D eigenvalue weighted by atomic mass is 16.5. The molecule has 0 bridgehead atoms. The number of ether oxygens (including phenoxy) is 2. The minimum Gasteiger partial charge on any atom is -0.493 e. The molecule has 4 nitrogen and oxygen atoms in total. The normalized spacial score (nSPS) is 11.7. The maximum Gasteiger partial charge on any atom is 0.258 e. The largest absolute Gasteiger partial charge is 0.493 e. The molecule has 1 amide bonds. The second-order valence-electron chi connectivity index (χ2n) is 6.59. The summed E-state index contributed by atoms with van der Waals surface area (Å²) in [6.45, 7) is 1.95. The number of nitrogens with one attached hydrogen (secondary N) is 1. The number of carbonyl (C=O) groups is 1. The molecule has 0 radical (unpaired) electrons. The Morgan fingerprint density at radius 1 is 0.821 bits per heavy atom. The van der Waals surface area contributed by atoms with Crippen LogP contribution < -0.4 is 14.8 Å². The van der Waals surface area contributed by atoms with Crippen LogP contribution in [0.4, 0.5) is 0 Å². The van der Waals surface area contributed by atoms with Gasteiger partial charge in [0.15, 0.2) is 18.1 Å². The van der Waals surface area contributed by atoms with Gasteiger partial charge < -0.3 is 14.8 Å². The van der Waals surface area contributed by atoms with Gasteiger partial charge in [-0.05, 0) is 30.2 Å². The van der Waals surface area contributed by atoms with Gasteiger partial charge in [-0.25, -0.2) is 0 Å². The number of hydrogen-bond acceptors (Lipinski definition) is 3. The van der Waals surface area contributed by atoms with Crippen molar-refractivity contribution in [1.29, 1.82) is 0 Å². The van der Waals surface area contributed by atoms with E-state index in [2.05, 4.69) is 29.6 Å². The van der Waals surface area contributed by atoms with E-state index in [1.54, 1.807) is 19.2 Å². The Morgan fingerprint density at radius 2 is 1.32 bits per heavy atom. The molecule has 4 heteroatoms. The lowest BCUT2D eigenvalue weighted by Gasteiger charge is -2.26. The molecule has 0 spiro atoms. The average molecular weight is 375 g/mol. The predicted octanol–water partition coefficient (Wildman–Crippen LogP) is 4.41. The van der Waals surface area contributed by atoms with Gasteiger partial charge in [-0.15, -0.1) is 0 Å². The maximum absolute atomic E-state index is 12.5. The van der Waals surface area contributed by atoms with Crippen LogP contribution in [0.1, 0.15) is 24.0 Å². The Kier molecular flexibility index (Phi) is 6.68. The minimum absolute atomic E-state index is 0.0533. The van der Waals surface area contributed by atoms with Crippen molar-refractivity contribution in [3.63, 3.8) is 0 Å². The molecule has 28 heavy (non-hydrogen) atoms. The first-order valence-electron chi connectivity index (χ1n) is 9.34. The third-order valence-electron chi connectivity index (χ3n) is 4.63. The average Bonchev–Trinajstić information content (AvgIpc) is 2.74. The second-order valence-corrected chi connectivity index (χ2v) is 6.59. The van der Waals surface area contributed by atoms with E-state index in [4.69, 9.17) is 9.47 Å². The van der Waals surface area contributed by atoms with Crippen LogP contribution in [0.15, 0.2) is 84.9 Å². The van der Waals surface area contributed by atoms with Crippen molar-refractivity contribution in [2.75, 3.05) is 13.7 Å². The standard InChI is InChI=1S/C24H25NO3/c1-18(25-23(26)17-28-22-16-10-9-15-21(22)27-2)24(19-11-5-3-6-12-19)20-13-7-4-8-14-20/h3-16,18,24H,17H2,1-2H3,(H,25,26). The summed E-state index contributed by atoms with van der Waals surface area (Å²) in [5.41, 5.74) is 2.32. The van der Waals surface area contributed by atoms with Crippen LogP contribution in [0.25, 0.3) is 0 Å². The van der Waals surface area contributed by atoms with Gasteiger partial charge in [0.2, 0.25) is 0 Å². The van der Waals surface area contributed by atoms with E-state index in [-0.39, 0.29) is 24.5 Å². The van der Waals surface area contributed by atoms with Gasteiger partial charge in [0.1, 0.15) is 0 Å². The van der Waals surface area contributed by atoms with Crippen LogP contribution in [0, 0.1) is 0 Å². The maximum atomic E-state index is 12.5. The van der Waals surface area contributed by atoms with Crippen molar-refractivity contribution < 1.29 is 14.3 Å². The molecule has 0 saturated carbocycles. The molecule has 3 rings (SSSR count). The first kappa shape index (κ1) is 19.5. The summed E-state index contributed by atoms with van der Waals surface area (Å²) in [5, 5.41) is 3.08. The molecular weight excluding hydrogens is 350 g/mol. The van der Waals surface area contributed by atoms with E-state index in [1.807, 2.05) is 55.5 Å². The summed E-state index contributed by atoms with van der Waals surface area (Å²) >= 11 is 0. The van der Waals surface area contributed by atoms with Gasteiger partial charge in [-0.2, -0.15) is 0 Å². The molecule has 3 aromatic carbocycles. The van der Waals surface area contributed by atoms with Crippen LogP contribution in [-0.2, 0) is 4.79 Å². The lowest BCUT2D eigenvalue weighted by molar-refractivity contribution is -0.123. The van der Waals surface area contributed by atoms with Crippen molar-refractivity contribution >= 4 is 5.91 Å². The zero-order valence-corrected chi connectivity index (χ0v) is 16.2. The van der Waals surface area contributed by atoms with Crippen molar-refractivity contribution in [3.8, 4) is 11.5 Å². The van der Waals surface area contributed by atoms with Crippen LogP contribution in [0.2, 0.25) is 0 Å². The van der Waals surface area contributed by atoms with E-state index in [0.717, 1.165) is 11.1 Å². The zero-order valence-electron chi connectivity index (χ0n) is 16.2. The summed E-state index contributed by atoms with van der Waals surface area (Å²) in [4.78, 5) is 12.5. The lowest BCUT2D eigenvalue weighted by Crippen LogP contribution is -2.40. The summed E-state index contributed by atoms with van der Waals surface area (Å²) in [6.07, 6.45) is 0. The van der Waals surface area contributed by atoms with Crippen molar-refractivity contribution in [2.45, 2.75) is 18.9 Å². The van der Waals surface area contributed by atoms with Crippen LogP contribution in [0.3, 0.4) is 0 Å². The molecular formula is C24H25NO3. The molecule has 0 saturated heterocycles. The minimum atomic E-state index is -0.171. The van der Waals surface area contributed by atoms with Gasteiger partial charge in [0.25, 0.3) is 5.91 Å². The Hall–Kier alpha value is -3.27. The third-order valence-corrected chi connectivity index (χ3v) is 4.63. The highest BCUT2D eigenvalue weighted by Crippen LogP contribution is 2.28. The summed E-state index contributed by atoms with van der Waals surface area (Å²) < 4.78 is 10.9. The van der Waals surface area contributed by atoms with Crippen molar-refractivity contribution in [3.05, 3.63) is 96.1 Å². The third kappa shape index (κ3) is 4.92. The fourth-order valence-corrected chi connectivity index (χ4v) is 3.35. The molecule has 0 aliphatic rings. The number of benzene rings is 3. The monoisotopic (exact) mass is 375 g/mol.